The maximum absolute atomic E-state index is 12.2. The number of nitrogens with zero attached hydrogens (tertiary/aromatic N) is 2. The van der Waals surface area contributed by atoms with Gasteiger partial charge in [0.15, 0.2) is 5.38 Å². The summed E-state index contributed by atoms with van der Waals surface area (Å²) in [7, 11) is -8.54. The molecule has 0 saturated heterocycles. The topological polar surface area (TPSA) is 63.1 Å². The molecule has 0 unspecified atom stereocenters. The number of rotatable bonds is 8. The van der Waals surface area contributed by atoms with Crippen molar-refractivity contribution in [3.05, 3.63) is 58.1 Å². The Kier molecular flexibility index (Phi) is 12.6. The second-order valence-corrected chi connectivity index (χ2v) is 16.8. The van der Waals surface area contributed by atoms with Crippen LogP contribution >= 0.6 is 11.3 Å². The van der Waals surface area contributed by atoms with Gasteiger partial charge in [0.05, 0.1) is 5.52 Å². The van der Waals surface area contributed by atoms with Crippen LogP contribution in [0.4, 0.5) is 12.3 Å². The Balaban J connectivity index is 0.000000372. The van der Waals surface area contributed by atoms with Gasteiger partial charge in [0.2, 0.25) is 0 Å². The van der Waals surface area contributed by atoms with Crippen molar-refractivity contribution in [1.29, 1.82) is 0 Å². The summed E-state index contributed by atoms with van der Waals surface area (Å²) in [5, 5.41) is 8.88. The molecule has 205 valence electrons. The van der Waals surface area contributed by atoms with Crippen LogP contribution in [-0.2, 0) is 24.9 Å². The number of hydrogen-bond donors (Lipinski definition) is 1. The fourth-order valence-electron chi connectivity index (χ4n) is 4.13. The summed E-state index contributed by atoms with van der Waals surface area (Å²) in [6, 6.07) is 9.53. The average Bonchev–Trinajstić information content (AvgIpc) is 3.24. The number of aromatic nitrogens is 2. The Morgan fingerprint density at radius 3 is 2.19 bits per heavy atom. The molecule has 4 nitrogen and oxygen atoms in total. The third-order valence-electron chi connectivity index (χ3n) is 6.52. The molecule has 0 aliphatic heterocycles. The Bertz CT molecular complexity index is 1210. The molecule has 1 N–H and O–H groups in total. The Labute approximate surface area is 237 Å². The van der Waals surface area contributed by atoms with Crippen molar-refractivity contribution in [2.75, 3.05) is 0 Å². The minimum atomic E-state index is -6.22. The molecule has 2 aromatic heterocycles. The molecule has 0 saturated carbocycles. The maximum Gasteiger partial charge on any atom is 0.689 e. The minimum absolute atomic E-state index is 0. The van der Waals surface area contributed by atoms with E-state index in [1.165, 1.54) is 11.1 Å². The van der Waals surface area contributed by atoms with E-state index in [-0.39, 0.29) is 20.1 Å². The molecule has 37 heavy (non-hydrogen) atoms. The Hall–Kier alpha value is -1.66. The molecule has 11 heteroatoms. The molecule has 0 bridgehead atoms. The van der Waals surface area contributed by atoms with Gasteiger partial charge in [-0.05, 0) is 16.9 Å². The summed E-state index contributed by atoms with van der Waals surface area (Å²) in [5.74, 6) is 0.481. The fourth-order valence-corrected chi connectivity index (χ4v) is 8.74. The number of hydrogen-bond acceptors (Lipinski definition) is 5. The van der Waals surface area contributed by atoms with Gasteiger partial charge in [-0.1, -0.05) is 66.6 Å². The molecule has 0 fully saturated rings. The zero-order chi connectivity index (χ0) is 27.3. The van der Waals surface area contributed by atoms with Gasteiger partial charge in [-0.15, -0.1) is 46.2 Å². The van der Waals surface area contributed by atoms with E-state index in [2.05, 4.69) is 61.2 Å². The van der Waals surface area contributed by atoms with Gasteiger partial charge in [-0.25, -0.2) is 17.3 Å². The van der Waals surface area contributed by atoms with Crippen LogP contribution in [0.25, 0.3) is 21.5 Å². The molecule has 0 aliphatic carbocycles. The number of thiophene rings is 1. The van der Waals surface area contributed by atoms with Crippen LogP contribution in [-0.4, -0.2) is 37.6 Å². The van der Waals surface area contributed by atoms with Gasteiger partial charge in [0, 0.05) is 36.6 Å². The monoisotopic (exact) mass is 744 g/mol. The van der Waals surface area contributed by atoms with Crippen molar-refractivity contribution in [2.24, 2.45) is 0 Å². The predicted molar refractivity (Wildman–Crippen MR) is 147 cm³/mol. The molecule has 0 aliphatic rings. The van der Waals surface area contributed by atoms with Crippen LogP contribution in [0, 0.1) is 19.9 Å². The van der Waals surface area contributed by atoms with Gasteiger partial charge in [0.25, 0.3) is 0 Å². The second kappa shape index (κ2) is 13.9. The number of carbonyl (C=O) groups excluding carboxylic acids is 1. The van der Waals surface area contributed by atoms with E-state index in [9.17, 15) is 17.1 Å². The van der Waals surface area contributed by atoms with Gasteiger partial charge < -0.3 is 9.90 Å². The normalized spacial score (nSPS) is 12.2. The van der Waals surface area contributed by atoms with Crippen LogP contribution in [0.1, 0.15) is 57.2 Å². The number of aryl methyl sites for hydroxylation is 2. The molecule has 1 aromatic carbocycles. The van der Waals surface area contributed by atoms with Crippen molar-refractivity contribution < 1.29 is 42.3 Å². The molecule has 0 atom stereocenters. The number of fused-ring (bicyclic) bond motifs is 1. The third kappa shape index (κ3) is 8.16. The summed E-state index contributed by atoms with van der Waals surface area (Å²) in [6.07, 6.45) is 2.09. The Morgan fingerprint density at radius 2 is 1.70 bits per heavy atom. The average molecular weight is 744 g/mol. The first-order valence-corrected chi connectivity index (χ1v) is 17.2. The van der Waals surface area contributed by atoms with Crippen LogP contribution in [0.3, 0.4) is 0 Å². The van der Waals surface area contributed by atoms with E-state index in [1.807, 2.05) is 20.8 Å². The molecule has 0 spiro atoms. The SMILES string of the molecule is CC[Si](CC)(CC)C(=O)/C=C(\O)[Si](F)(F)F.Cc1[c-]c(-c2ncnc3c(C(C)C)csc23)cc(C)c1.[Ir]. The van der Waals surface area contributed by atoms with Gasteiger partial charge in [-0.2, -0.15) is 0 Å². The Morgan fingerprint density at radius 1 is 1.11 bits per heavy atom. The van der Waals surface area contributed by atoms with Crippen molar-refractivity contribution in [1.82, 2.24) is 9.97 Å². The van der Waals surface area contributed by atoms with Crippen molar-refractivity contribution in [2.45, 2.75) is 72.5 Å². The molecule has 2 heterocycles. The smallest absolute Gasteiger partial charge is 0.509 e. The molecule has 3 aromatic rings. The number of allylic oxidation sites excluding steroid dienone is 1. The number of aliphatic hydroxyl groups is 1. The van der Waals surface area contributed by atoms with Crippen molar-refractivity contribution in [3.8, 4) is 11.3 Å². The summed E-state index contributed by atoms with van der Waals surface area (Å²) in [4.78, 5) is 20.7. The number of benzene rings is 1. The first kappa shape index (κ1) is 33.4. The zero-order valence-electron chi connectivity index (χ0n) is 22.2. The summed E-state index contributed by atoms with van der Waals surface area (Å²) in [5.41, 5.74) is 6.84. The van der Waals surface area contributed by atoms with E-state index in [1.54, 1.807) is 17.7 Å². The molecule has 3 rings (SSSR count). The van der Waals surface area contributed by atoms with E-state index in [4.69, 9.17) is 5.11 Å². The van der Waals surface area contributed by atoms with Gasteiger partial charge >= 0.3 is 9.08 Å². The van der Waals surface area contributed by atoms with Crippen molar-refractivity contribution in [3.63, 3.8) is 0 Å². The maximum atomic E-state index is 12.2. The third-order valence-corrected chi connectivity index (χ3v) is 13.5. The van der Waals surface area contributed by atoms with E-state index >= 15 is 0 Å². The quantitative estimate of drug-likeness (QED) is 0.0829. The first-order valence-electron chi connectivity index (χ1n) is 12.0. The van der Waals surface area contributed by atoms with Crippen molar-refractivity contribution >= 4 is 44.1 Å². The largest absolute Gasteiger partial charge is 0.689 e. The molecule has 0 amide bonds. The van der Waals surface area contributed by atoms with Crippen LogP contribution in [0.15, 0.2) is 35.3 Å². The summed E-state index contributed by atoms with van der Waals surface area (Å²) < 4.78 is 37.7. The standard InChI is InChI=1S/C17H17N2S.C9H17F3O2Si2.Ir/c1-10(2)14-8-20-17-15(18-9-19-16(14)17)13-6-11(3)5-12(4)7-13;1-4-15(5-2,6-3)8(13)7-9(14)16(10,11)12;/h5-6,8-10H,1-4H3;7,14H,4-6H2,1-3H3;/q-1;;/b;9-7+;. The molecular formula is C26H34F3IrN2O2SSi2-. The number of halogens is 3. The fraction of sp³-hybridized carbons (Fsp3) is 0.423. The van der Waals surface area contributed by atoms with E-state index in [0.29, 0.717) is 30.1 Å². The summed E-state index contributed by atoms with van der Waals surface area (Å²) in [6.45, 7) is 14.1. The van der Waals surface area contributed by atoms with Crippen LogP contribution in [0.2, 0.25) is 18.1 Å². The van der Waals surface area contributed by atoms with Gasteiger partial charge in [0.1, 0.15) is 19.8 Å². The molecular weight excluding hydrogens is 710 g/mol. The minimum Gasteiger partial charge on any atom is -0.509 e. The van der Waals surface area contributed by atoms with E-state index < -0.39 is 27.9 Å². The summed E-state index contributed by atoms with van der Waals surface area (Å²) >= 11 is 1.73. The van der Waals surface area contributed by atoms with Crippen LogP contribution in [0.5, 0.6) is 0 Å². The predicted octanol–water partition coefficient (Wildman–Crippen LogP) is 8.33. The molecule has 1 radical (unpaired) electrons. The zero-order valence-corrected chi connectivity index (χ0v) is 27.4. The number of aliphatic hydroxyl groups excluding tert-OH is 1. The van der Waals surface area contributed by atoms with E-state index in [0.717, 1.165) is 27.0 Å². The van der Waals surface area contributed by atoms with Gasteiger partial charge in [-0.3, -0.25) is 4.98 Å². The number of carbonyl (C=O) groups is 1. The van der Waals surface area contributed by atoms with Crippen LogP contribution < -0.4 is 0 Å². The second-order valence-electron chi connectivity index (χ2n) is 9.23. The first-order chi connectivity index (χ1) is 16.8.